The van der Waals surface area contributed by atoms with Gasteiger partial charge in [-0.1, -0.05) is 10.3 Å². The minimum atomic E-state index is -1.23. The number of aliphatic hydroxyl groups excluding tert-OH is 1. The van der Waals surface area contributed by atoms with Crippen LogP contribution in [0, 0.1) is 0 Å². The molecule has 2 heterocycles. The van der Waals surface area contributed by atoms with Gasteiger partial charge in [-0.3, -0.25) is 9.59 Å². The van der Waals surface area contributed by atoms with E-state index in [1.54, 1.807) is 18.2 Å². The summed E-state index contributed by atoms with van der Waals surface area (Å²) in [5, 5.41) is 39.0. The van der Waals surface area contributed by atoms with Crippen LogP contribution in [0.2, 0.25) is 0 Å². The molecular formula is C27H30Br4N6O7. The highest BCUT2D eigenvalue weighted by atomic mass is 79.9. The summed E-state index contributed by atoms with van der Waals surface area (Å²) in [6, 6.07) is 3.56. The number of allylic oxidation sites excluding steroid dienone is 1. The number of rotatable bonds is 13. The molecule has 0 saturated carbocycles. The number of nitrogens with one attached hydrogen (secondary N) is 4. The Kier molecular flexibility index (Phi) is 12.2. The summed E-state index contributed by atoms with van der Waals surface area (Å²) in [7, 11) is 1.48. The Morgan fingerprint density at radius 1 is 1.20 bits per heavy atom. The first-order valence-corrected chi connectivity index (χ1v) is 16.6. The minimum absolute atomic E-state index is 0.0200. The van der Waals surface area contributed by atoms with Crippen molar-refractivity contribution < 1.29 is 34.2 Å². The zero-order valence-corrected chi connectivity index (χ0v) is 29.7. The highest BCUT2D eigenvalue weighted by Crippen LogP contribution is 2.44. The summed E-state index contributed by atoms with van der Waals surface area (Å²) in [5.74, 6) is 0.121. The van der Waals surface area contributed by atoms with E-state index in [4.69, 9.17) is 14.3 Å². The minimum Gasteiger partial charge on any atom is -0.495 e. The molecule has 4 rings (SSSR count). The number of aliphatic hydroxyl groups is 1. The molecule has 0 saturated heterocycles. The molecule has 2 atom stereocenters. The van der Waals surface area contributed by atoms with E-state index >= 15 is 0 Å². The van der Waals surface area contributed by atoms with E-state index in [2.05, 4.69) is 95.3 Å². The molecule has 6 N–H and O–H groups in total. The molecule has 0 aromatic heterocycles. The van der Waals surface area contributed by atoms with Crippen LogP contribution in [-0.2, 0) is 25.6 Å². The van der Waals surface area contributed by atoms with Crippen molar-refractivity contribution in [3.05, 3.63) is 59.3 Å². The fraction of sp³-hybridized carbons (Fsp3) is 0.407. The molecule has 0 bridgehead atoms. The number of hydrogen-bond donors (Lipinski definition) is 6. The number of nitrogens with zero attached hydrogens (tertiary/aromatic N) is 2. The summed E-state index contributed by atoms with van der Waals surface area (Å²) in [6.07, 6.45) is 3.68. The van der Waals surface area contributed by atoms with Gasteiger partial charge in [0.15, 0.2) is 5.60 Å². The van der Waals surface area contributed by atoms with Crippen molar-refractivity contribution in [2.24, 2.45) is 10.3 Å². The Balaban J connectivity index is 1.21. The standard InChI is InChI=1S/C27H30Br4N6O7/c1-42-23-18(30)10-27(24(38)21(23)31)11-20(37-44-27)26(40)33-4-2-6-43-22-16(28)7-14(8-17(22)29)9-19(36-41)25(39)34-5-3-15-12-32-13-35-15/h7-8,10,12,24,32,35,38,41H,2-6,9,11,13H2,1H3,(H,33,40)(H,34,39)/t24-,27+/m1/s1. The number of ether oxygens (including phenoxy) is 2. The van der Waals surface area contributed by atoms with Crippen LogP contribution in [0.3, 0.4) is 0 Å². The predicted molar refractivity (Wildman–Crippen MR) is 177 cm³/mol. The Morgan fingerprint density at radius 3 is 2.61 bits per heavy atom. The lowest BCUT2D eigenvalue weighted by molar-refractivity contribution is -0.115. The Hall–Kier alpha value is -2.60. The van der Waals surface area contributed by atoms with E-state index in [1.165, 1.54) is 7.11 Å². The molecule has 44 heavy (non-hydrogen) atoms. The number of hydrogen-bond acceptors (Lipinski definition) is 11. The third-order valence-electron chi connectivity index (χ3n) is 6.78. The fourth-order valence-corrected chi connectivity index (χ4v) is 7.84. The summed E-state index contributed by atoms with van der Waals surface area (Å²) in [5.41, 5.74) is 0.622. The molecule has 1 aromatic rings. The first kappa shape index (κ1) is 34.3. The molecule has 2 aliphatic heterocycles. The molecule has 0 unspecified atom stereocenters. The average molecular weight is 870 g/mol. The van der Waals surface area contributed by atoms with Crippen LogP contribution in [0.15, 0.2) is 64.1 Å². The van der Waals surface area contributed by atoms with Crippen molar-refractivity contribution in [3.63, 3.8) is 0 Å². The zero-order chi connectivity index (χ0) is 31.9. The molecule has 1 aliphatic carbocycles. The number of benzene rings is 1. The second-order valence-corrected chi connectivity index (χ2v) is 13.3. The SMILES string of the molecule is COC1=C(Br)[C@@H](O)[C@]2(C=C1Br)CC(C(=O)NCCCOc1c(Br)cc(CC(=NO)C(=O)NCCC3=CNCN3)cc1Br)=NO2. The fourth-order valence-electron chi connectivity index (χ4n) is 4.54. The van der Waals surface area contributed by atoms with Crippen molar-refractivity contribution in [2.45, 2.75) is 37.4 Å². The molecule has 3 aliphatic rings. The lowest BCUT2D eigenvalue weighted by Gasteiger charge is -2.33. The second-order valence-electron chi connectivity index (χ2n) is 9.84. The third kappa shape index (κ3) is 8.16. The van der Waals surface area contributed by atoms with Gasteiger partial charge in [0.05, 0.1) is 38.3 Å². The zero-order valence-electron chi connectivity index (χ0n) is 23.4. The van der Waals surface area contributed by atoms with Gasteiger partial charge in [-0.2, -0.15) is 0 Å². The quantitative estimate of drug-likeness (QED) is 0.0752. The molecule has 1 aromatic carbocycles. The number of oxime groups is 2. The summed E-state index contributed by atoms with van der Waals surface area (Å²) in [4.78, 5) is 30.7. The van der Waals surface area contributed by atoms with Crippen LogP contribution in [0.4, 0.5) is 0 Å². The lowest BCUT2D eigenvalue weighted by atomic mass is 9.87. The first-order valence-electron chi connectivity index (χ1n) is 13.4. The monoisotopic (exact) mass is 866 g/mol. The molecular weight excluding hydrogens is 840 g/mol. The smallest absolute Gasteiger partial charge is 0.269 e. The second kappa shape index (κ2) is 15.6. The van der Waals surface area contributed by atoms with Crippen molar-refractivity contribution in [1.29, 1.82) is 0 Å². The maximum Gasteiger partial charge on any atom is 0.269 e. The maximum absolute atomic E-state index is 12.7. The van der Waals surface area contributed by atoms with Gasteiger partial charge < -0.3 is 45.9 Å². The molecule has 2 amide bonds. The van der Waals surface area contributed by atoms with Gasteiger partial charge in [0.2, 0.25) is 0 Å². The summed E-state index contributed by atoms with van der Waals surface area (Å²) in [6.45, 7) is 1.66. The topological polar surface area (TPSA) is 175 Å². The highest BCUT2D eigenvalue weighted by molar-refractivity contribution is 9.12. The number of methoxy groups -OCH3 is 1. The van der Waals surface area contributed by atoms with Crippen LogP contribution < -0.4 is 26.0 Å². The molecule has 0 radical (unpaired) electrons. The molecule has 13 nitrogen and oxygen atoms in total. The van der Waals surface area contributed by atoms with E-state index in [0.29, 0.717) is 68.6 Å². The van der Waals surface area contributed by atoms with Crippen molar-refractivity contribution in [1.82, 2.24) is 21.3 Å². The van der Waals surface area contributed by atoms with Crippen LogP contribution in [0.1, 0.15) is 24.8 Å². The van der Waals surface area contributed by atoms with Gasteiger partial charge in [0, 0.05) is 44.2 Å². The normalized spacial score (nSPS) is 21.1. The molecule has 1 spiro atoms. The Bertz CT molecular complexity index is 1420. The first-order chi connectivity index (χ1) is 21.1. The van der Waals surface area contributed by atoms with E-state index in [-0.39, 0.29) is 24.3 Å². The van der Waals surface area contributed by atoms with Gasteiger partial charge in [0.25, 0.3) is 11.8 Å². The van der Waals surface area contributed by atoms with Gasteiger partial charge in [-0.15, -0.1) is 0 Å². The van der Waals surface area contributed by atoms with Crippen LogP contribution in [0.5, 0.6) is 5.75 Å². The van der Waals surface area contributed by atoms with Crippen LogP contribution in [-0.4, -0.2) is 78.7 Å². The van der Waals surface area contributed by atoms with E-state index in [1.807, 2.05) is 6.20 Å². The molecule has 0 fully saturated rings. The highest BCUT2D eigenvalue weighted by Gasteiger charge is 2.50. The van der Waals surface area contributed by atoms with E-state index in [9.17, 15) is 19.9 Å². The number of halogens is 4. The van der Waals surface area contributed by atoms with Crippen molar-refractivity contribution >= 4 is 87.0 Å². The summed E-state index contributed by atoms with van der Waals surface area (Å²) >= 11 is 13.7. The Labute approximate surface area is 287 Å². The van der Waals surface area contributed by atoms with Crippen molar-refractivity contribution in [3.8, 4) is 5.75 Å². The van der Waals surface area contributed by atoms with Crippen LogP contribution >= 0.6 is 63.7 Å². The van der Waals surface area contributed by atoms with Gasteiger partial charge >= 0.3 is 0 Å². The number of amides is 2. The van der Waals surface area contributed by atoms with E-state index in [0.717, 1.165) is 11.3 Å². The molecule has 238 valence electrons. The largest absolute Gasteiger partial charge is 0.495 e. The third-order valence-corrected chi connectivity index (χ3v) is 9.34. The maximum atomic E-state index is 12.7. The lowest BCUT2D eigenvalue weighted by Crippen LogP contribution is -2.45. The van der Waals surface area contributed by atoms with Gasteiger partial charge in [0.1, 0.15) is 29.0 Å². The predicted octanol–water partition coefficient (Wildman–Crippen LogP) is 3.39. The number of carbonyl (C=O) groups excluding carboxylic acids is 2. The van der Waals surface area contributed by atoms with Crippen molar-refractivity contribution in [2.75, 3.05) is 33.5 Å². The average Bonchev–Trinajstić information content (AvgIpc) is 3.67. The van der Waals surface area contributed by atoms with Gasteiger partial charge in [-0.05, 0) is 93.9 Å². The molecule has 17 heteroatoms. The van der Waals surface area contributed by atoms with Gasteiger partial charge in [-0.25, -0.2) is 0 Å². The number of carbonyl (C=O) groups is 2. The van der Waals surface area contributed by atoms with E-state index < -0.39 is 23.5 Å². The van der Waals surface area contributed by atoms with Crippen LogP contribution in [0.25, 0.3) is 0 Å². The Morgan fingerprint density at radius 2 is 1.95 bits per heavy atom. The summed E-state index contributed by atoms with van der Waals surface area (Å²) < 4.78 is 13.4.